The minimum atomic E-state index is -4.16. The van der Waals surface area contributed by atoms with Gasteiger partial charge in [-0.25, -0.2) is 0 Å². The molecule has 1 rings (SSSR count). The van der Waals surface area contributed by atoms with Crippen molar-refractivity contribution in [2.45, 2.75) is 0 Å². The second-order valence-corrected chi connectivity index (χ2v) is 4.15. The van der Waals surface area contributed by atoms with Crippen LogP contribution in [0.5, 0.6) is 0 Å². The van der Waals surface area contributed by atoms with Crippen LogP contribution in [-0.2, 0) is 10.3 Å². The van der Waals surface area contributed by atoms with Crippen LogP contribution in [-0.4, -0.2) is 13.0 Å². The predicted molar refractivity (Wildman–Crippen MR) is 49.3 cm³/mol. The van der Waals surface area contributed by atoms with Gasteiger partial charge in [0, 0.05) is 4.47 Å². The monoisotopic (exact) mass is 251 g/mol. The molecule has 0 fully saturated rings. The van der Waals surface area contributed by atoms with E-state index in [1.54, 1.807) is 12.1 Å². The number of nitrogens with one attached hydrogen (secondary N) is 1. The fourth-order valence-corrected chi connectivity index (χ4v) is 1.37. The fourth-order valence-electron chi connectivity index (χ4n) is 0.667. The molecule has 1 aromatic carbocycles. The summed E-state index contributed by atoms with van der Waals surface area (Å²) < 4.78 is 31.8. The minimum Gasteiger partial charge on any atom is -0.269 e. The zero-order valence-corrected chi connectivity index (χ0v) is 8.26. The second kappa shape index (κ2) is 3.42. The lowest BCUT2D eigenvalue weighted by molar-refractivity contribution is 0.490. The molecule has 12 heavy (non-hydrogen) atoms. The average Bonchev–Trinajstić information content (AvgIpc) is 1.91. The van der Waals surface area contributed by atoms with Gasteiger partial charge in [0.2, 0.25) is 0 Å². The van der Waals surface area contributed by atoms with Gasteiger partial charge in [-0.05, 0) is 24.3 Å². The molecule has 4 nitrogen and oxygen atoms in total. The maximum Gasteiger partial charge on any atom is 0.357 e. The topological polar surface area (TPSA) is 66.4 Å². The molecule has 0 aliphatic carbocycles. The van der Waals surface area contributed by atoms with Crippen LogP contribution >= 0.6 is 15.9 Å². The molecular weight excluding hydrogens is 246 g/mol. The van der Waals surface area contributed by atoms with Crippen LogP contribution in [0.2, 0.25) is 0 Å². The van der Waals surface area contributed by atoms with Gasteiger partial charge >= 0.3 is 10.3 Å². The average molecular weight is 252 g/mol. The maximum absolute atomic E-state index is 10.3. The molecule has 0 bridgehead atoms. The van der Waals surface area contributed by atoms with Crippen LogP contribution in [0, 0.1) is 0 Å². The van der Waals surface area contributed by atoms with Crippen molar-refractivity contribution >= 4 is 31.9 Å². The molecule has 0 amide bonds. The zero-order chi connectivity index (χ0) is 9.19. The van der Waals surface area contributed by atoms with E-state index in [0.717, 1.165) is 4.47 Å². The summed E-state index contributed by atoms with van der Waals surface area (Å²) in [5, 5.41) is 0. The number of anilines is 1. The lowest BCUT2D eigenvalue weighted by atomic mass is 10.3. The molecule has 0 spiro atoms. The molecule has 1 aromatic rings. The van der Waals surface area contributed by atoms with Gasteiger partial charge in [-0.1, -0.05) is 15.9 Å². The molecule has 2 N–H and O–H groups in total. The first kappa shape index (κ1) is 9.50. The Bertz CT molecular complexity index is 359. The Kier molecular flexibility index (Phi) is 2.71. The summed E-state index contributed by atoms with van der Waals surface area (Å²) in [4.78, 5) is 0. The smallest absolute Gasteiger partial charge is 0.269 e. The van der Waals surface area contributed by atoms with E-state index in [-0.39, 0.29) is 0 Å². The Labute approximate surface area is 78.6 Å². The van der Waals surface area contributed by atoms with E-state index in [0.29, 0.717) is 5.69 Å². The Hall–Kier alpha value is -0.590. The lowest BCUT2D eigenvalue weighted by Crippen LogP contribution is -2.09. The number of rotatable bonds is 2. The quantitative estimate of drug-likeness (QED) is 0.786. The fraction of sp³-hybridized carbons (Fsp3) is 0. The van der Waals surface area contributed by atoms with Gasteiger partial charge in [0.25, 0.3) is 0 Å². The van der Waals surface area contributed by atoms with Gasteiger partial charge in [0.1, 0.15) is 0 Å². The summed E-state index contributed by atoms with van der Waals surface area (Å²) in [7, 11) is -4.16. The molecule has 0 unspecified atom stereocenters. The maximum atomic E-state index is 10.3. The van der Waals surface area contributed by atoms with Crippen molar-refractivity contribution in [3.05, 3.63) is 28.7 Å². The van der Waals surface area contributed by atoms with Crippen molar-refractivity contribution in [2.75, 3.05) is 4.72 Å². The van der Waals surface area contributed by atoms with Crippen LogP contribution in [0.4, 0.5) is 5.69 Å². The van der Waals surface area contributed by atoms with Crippen molar-refractivity contribution < 1.29 is 13.0 Å². The molecule has 0 aliphatic heterocycles. The van der Waals surface area contributed by atoms with Crippen LogP contribution in [0.3, 0.4) is 0 Å². The van der Waals surface area contributed by atoms with E-state index in [9.17, 15) is 8.42 Å². The second-order valence-electron chi connectivity index (χ2n) is 2.08. The van der Waals surface area contributed by atoms with E-state index in [1.165, 1.54) is 12.1 Å². The Morgan fingerprint density at radius 1 is 1.25 bits per heavy atom. The minimum absolute atomic E-state index is 0.320. The Morgan fingerprint density at radius 2 is 1.75 bits per heavy atom. The third-order valence-corrected chi connectivity index (χ3v) is 2.11. The van der Waals surface area contributed by atoms with E-state index in [2.05, 4.69) is 15.9 Å². The molecule has 0 aliphatic rings. The normalized spacial score (nSPS) is 11.2. The summed E-state index contributed by atoms with van der Waals surface area (Å²) in [6.45, 7) is 0. The van der Waals surface area contributed by atoms with E-state index >= 15 is 0 Å². The first-order valence-electron chi connectivity index (χ1n) is 2.98. The first-order chi connectivity index (χ1) is 5.47. The van der Waals surface area contributed by atoms with Gasteiger partial charge < -0.3 is 0 Å². The van der Waals surface area contributed by atoms with E-state index in [1.807, 2.05) is 4.72 Å². The summed E-state index contributed by atoms with van der Waals surface area (Å²) >= 11 is 3.19. The van der Waals surface area contributed by atoms with Gasteiger partial charge in [-0.2, -0.15) is 8.42 Å². The molecule has 0 atom stereocenters. The highest BCUT2D eigenvalue weighted by molar-refractivity contribution is 9.10. The van der Waals surface area contributed by atoms with Gasteiger partial charge in [-0.15, -0.1) is 0 Å². The zero-order valence-electron chi connectivity index (χ0n) is 5.86. The van der Waals surface area contributed by atoms with Crippen molar-refractivity contribution in [2.24, 2.45) is 0 Å². The number of hydrogen-bond acceptors (Lipinski definition) is 2. The van der Waals surface area contributed by atoms with Gasteiger partial charge in [0.05, 0.1) is 5.69 Å². The van der Waals surface area contributed by atoms with Crippen LogP contribution in [0.1, 0.15) is 0 Å². The number of benzene rings is 1. The Balaban J connectivity index is 2.85. The highest BCUT2D eigenvalue weighted by Gasteiger charge is 2.02. The third kappa shape index (κ3) is 3.21. The SMILES string of the molecule is O=S(=O)(O)Nc1ccc(Br)cc1. The van der Waals surface area contributed by atoms with Crippen LogP contribution < -0.4 is 4.72 Å². The van der Waals surface area contributed by atoms with Crippen molar-refractivity contribution in [3.63, 3.8) is 0 Å². The van der Waals surface area contributed by atoms with Crippen LogP contribution in [0.25, 0.3) is 0 Å². The van der Waals surface area contributed by atoms with E-state index in [4.69, 9.17) is 4.55 Å². The van der Waals surface area contributed by atoms with Gasteiger partial charge in [0.15, 0.2) is 0 Å². The summed E-state index contributed by atoms with van der Waals surface area (Å²) in [5.41, 5.74) is 0.320. The first-order valence-corrected chi connectivity index (χ1v) is 5.21. The summed E-state index contributed by atoms with van der Waals surface area (Å²) in [5.74, 6) is 0. The molecule has 0 heterocycles. The molecule has 6 heteroatoms. The van der Waals surface area contributed by atoms with E-state index < -0.39 is 10.3 Å². The highest BCUT2D eigenvalue weighted by Crippen LogP contribution is 2.14. The molecule has 0 radical (unpaired) electrons. The predicted octanol–water partition coefficient (Wildman–Crippen LogP) is 1.66. The lowest BCUT2D eigenvalue weighted by Gasteiger charge is -2.00. The van der Waals surface area contributed by atoms with Crippen molar-refractivity contribution in [1.29, 1.82) is 0 Å². The molecule has 0 saturated heterocycles. The molecule has 0 aromatic heterocycles. The van der Waals surface area contributed by atoms with Crippen molar-refractivity contribution in [1.82, 2.24) is 0 Å². The largest absolute Gasteiger partial charge is 0.357 e. The molecule has 66 valence electrons. The van der Waals surface area contributed by atoms with Crippen LogP contribution in [0.15, 0.2) is 28.7 Å². The molecular formula is C6H6BrNO3S. The standard InChI is InChI=1S/C6H6BrNO3S/c7-5-1-3-6(4-2-5)8-12(9,10)11/h1-4,8H,(H,9,10,11). The molecule has 0 saturated carbocycles. The third-order valence-electron chi connectivity index (χ3n) is 1.09. The summed E-state index contributed by atoms with van der Waals surface area (Å²) in [6, 6.07) is 6.37. The number of hydrogen-bond donors (Lipinski definition) is 2. The Morgan fingerprint density at radius 3 is 2.17 bits per heavy atom. The summed E-state index contributed by atoms with van der Waals surface area (Å²) in [6.07, 6.45) is 0. The highest BCUT2D eigenvalue weighted by atomic mass is 79.9. The number of halogens is 1. The van der Waals surface area contributed by atoms with Gasteiger partial charge in [-0.3, -0.25) is 9.27 Å². The van der Waals surface area contributed by atoms with Crippen molar-refractivity contribution in [3.8, 4) is 0 Å².